The van der Waals surface area contributed by atoms with E-state index in [0.29, 0.717) is 5.39 Å². The molecular weight excluding hydrogens is 277 g/mol. The van der Waals surface area contributed by atoms with Crippen LogP contribution in [0, 0.1) is 5.82 Å². The molecule has 0 aliphatic carbocycles. The first-order valence-corrected chi connectivity index (χ1v) is 6.99. The van der Waals surface area contributed by atoms with Gasteiger partial charge in [-0.05, 0) is 46.8 Å². The lowest BCUT2D eigenvalue weighted by Gasteiger charge is -2.09. The molecule has 3 heteroatoms. The van der Waals surface area contributed by atoms with Crippen LogP contribution in [-0.4, -0.2) is 10.1 Å². The van der Waals surface area contributed by atoms with Crippen LogP contribution in [0.5, 0.6) is 5.75 Å². The SMILES string of the molecule is Oc1cc(-c2ccc(F)cc2)cc2c1cnc1ccccc12. The number of aromatic hydroxyl groups is 1. The maximum absolute atomic E-state index is 13.1. The standard InChI is InChI=1S/C19H12FNO/c20-14-7-5-12(6-8-14)13-9-16-15-3-1-2-4-18(15)21-11-17(16)19(22)10-13/h1-11,22H. The van der Waals surface area contributed by atoms with Gasteiger partial charge in [-0.2, -0.15) is 0 Å². The second-order valence-electron chi connectivity index (χ2n) is 5.24. The molecule has 0 fully saturated rings. The van der Waals surface area contributed by atoms with Gasteiger partial charge in [0.1, 0.15) is 11.6 Å². The zero-order chi connectivity index (χ0) is 15.1. The van der Waals surface area contributed by atoms with Crippen LogP contribution in [0.3, 0.4) is 0 Å². The minimum Gasteiger partial charge on any atom is -0.507 e. The molecule has 0 saturated carbocycles. The largest absolute Gasteiger partial charge is 0.507 e. The molecule has 0 radical (unpaired) electrons. The lowest BCUT2D eigenvalue weighted by Crippen LogP contribution is -1.85. The van der Waals surface area contributed by atoms with E-state index in [9.17, 15) is 9.50 Å². The third-order valence-electron chi connectivity index (χ3n) is 3.86. The van der Waals surface area contributed by atoms with E-state index in [2.05, 4.69) is 4.98 Å². The summed E-state index contributed by atoms with van der Waals surface area (Å²) in [7, 11) is 0. The molecule has 106 valence electrons. The Kier molecular flexibility index (Phi) is 2.79. The molecule has 0 bridgehead atoms. The Morgan fingerprint density at radius 2 is 1.55 bits per heavy atom. The number of phenolic OH excluding ortho intramolecular Hbond substituents is 1. The first-order valence-electron chi connectivity index (χ1n) is 6.99. The van der Waals surface area contributed by atoms with E-state index in [1.54, 1.807) is 24.4 Å². The number of pyridine rings is 1. The Morgan fingerprint density at radius 1 is 0.773 bits per heavy atom. The molecule has 1 heterocycles. The molecule has 4 aromatic rings. The number of para-hydroxylation sites is 1. The monoisotopic (exact) mass is 289 g/mol. The summed E-state index contributed by atoms with van der Waals surface area (Å²) in [5, 5.41) is 12.9. The zero-order valence-electron chi connectivity index (χ0n) is 11.6. The predicted molar refractivity (Wildman–Crippen MR) is 86.3 cm³/mol. The van der Waals surface area contributed by atoms with Crippen LogP contribution in [-0.2, 0) is 0 Å². The fourth-order valence-electron chi connectivity index (χ4n) is 2.75. The van der Waals surface area contributed by atoms with E-state index in [-0.39, 0.29) is 11.6 Å². The molecule has 0 spiro atoms. The van der Waals surface area contributed by atoms with Crippen molar-refractivity contribution in [1.82, 2.24) is 4.98 Å². The van der Waals surface area contributed by atoms with Crippen LogP contribution in [0.4, 0.5) is 4.39 Å². The van der Waals surface area contributed by atoms with Gasteiger partial charge >= 0.3 is 0 Å². The normalized spacial score (nSPS) is 11.1. The van der Waals surface area contributed by atoms with Crippen molar-refractivity contribution in [3.8, 4) is 16.9 Å². The van der Waals surface area contributed by atoms with Gasteiger partial charge in [-0.25, -0.2) is 4.39 Å². The number of nitrogens with zero attached hydrogens (tertiary/aromatic N) is 1. The van der Waals surface area contributed by atoms with Crippen molar-refractivity contribution in [3.63, 3.8) is 0 Å². The number of hydrogen-bond acceptors (Lipinski definition) is 2. The molecule has 0 aliphatic heterocycles. The molecule has 3 aromatic carbocycles. The fraction of sp³-hybridized carbons (Fsp3) is 0. The molecular formula is C19H12FNO. The van der Waals surface area contributed by atoms with Crippen molar-refractivity contribution in [2.45, 2.75) is 0 Å². The smallest absolute Gasteiger partial charge is 0.125 e. The van der Waals surface area contributed by atoms with Crippen LogP contribution in [0.2, 0.25) is 0 Å². The maximum atomic E-state index is 13.1. The van der Waals surface area contributed by atoms with Crippen molar-refractivity contribution in [2.75, 3.05) is 0 Å². The summed E-state index contributed by atoms with van der Waals surface area (Å²) in [5.74, 6) is -0.0986. The highest BCUT2D eigenvalue weighted by Gasteiger charge is 2.09. The molecule has 0 saturated heterocycles. The third kappa shape index (κ3) is 1.99. The van der Waals surface area contributed by atoms with Crippen molar-refractivity contribution in [1.29, 1.82) is 0 Å². The maximum Gasteiger partial charge on any atom is 0.125 e. The highest BCUT2D eigenvalue weighted by Crippen LogP contribution is 2.34. The van der Waals surface area contributed by atoms with Gasteiger partial charge in [0.2, 0.25) is 0 Å². The fourth-order valence-corrected chi connectivity index (χ4v) is 2.75. The molecule has 0 aliphatic rings. The van der Waals surface area contributed by atoms with Gasteiger partial charge in [-0.3, -0.25) is 4.98 Å². The van der Waals surface area contributed by atoms with Crippen LogP contribution >= 0.6 is 0 Å². The number of halogens is 1. The Labute approximate surface area is 126 Å². The average Bonchev–Trinajstić information content (AvgIpc) is 2.55. The highest BCUT2D eigenvalue weighted by molar-refractivity contribution is 6.08. The lowest BCUT2D eigenvalue weighted by molar-refractivity contribution is 0.482. The molecule has 2 nitrogen and oxygen atoms in total. The summed E-state index contributed by atoms with van der Waals surface area (Å²) < 4.78 is 13.1. The summed E-state index contributed by atoms with van der Waals surface area (Å²) in [6.07, 6.45) is 1.68. The molecule has 0 amide bonds. The van der Waals surface area contributed by atoms with Crippen LogP contribution in [0.25, 0.3) is 32.8 Å². The average molecular weight is 289 g/mol. The summed E-state index contributed by atoms with van der Waals surface area (Å²) >= 11 is 0. The van der Waals surface area contributed by atoms with E-state index >= 15 is 0 Å². The van der Waals surface area contributed by atoms with E-state index < -0.39 is 0 Å². The third-order valence-corrected chi connectivity index (χ3v) is 3.86. The van der Waals surface area contributed by atoms with Crippen LogP contribution < -0.4 is 0 Å². The minimum absolute atomic E-state index is 0.176. The lowest BCUT2D eigenvalue weighted by atomic mass is 9.99. The first kappa shape index (κ1) is 12.8. The quantitative estimate of drug-likeness (QED) is 0.506. The van der Waals surface area contributed by atoms with E-state index in [0.717, 1.165) is 27.4 Å². The molecule has 1 N–H and O–H groups in total. The zero-order valence-corrected chi connectivity index (χ0v) is 11.6. The van der Waals surface area contributed by atoms with Gasteiger partial charge in [-0.1, -0.05) is 30.3 Å². The van der Waals surface area contributed by atoms with Gasteiger partial charge in [0.25, 0.3) is 0 Å². The van der Waals surface area contributed by atoms with Crippen molar-refractivity contribution in [3.05, 3.63) is 72.7 Å². The first-order chi connectivity index (χ1) is 10.7. The van der Waals surface area contributed by atoms with E-state index in [1.165, 1.54) is 12.1 Å². The van der Waals surface area contributed by atoms with Crippen molar-refractivity contribution < 1.29 is 9.50 Å². The van der Waals surface area contributed by atoms with Crippen LogP contribution in [0.15, 0.2) is 66.9 Å². The number of rotatable bonds is 1. The van der Waals surface area contributed by atoms with Crippen molar-refractivity contribution >= 4 is 21.7 Å². The number of fused-ring (bicyclic) bond motifs is 3. The second-order valence-corrected chi connectivity index (χ2v) is 5.24. The Morgan fingerprint density at radius 3 is 2.36 bits per heavy atom. The minimum atomic E-state index is -0.275. The number of phenols is 1. The molecule has 4 rings (SSSR count). The summed E-state index contributed by atoms with van der Waals surface area (Å²) in [4.78, 5) is 4.37. The highest BCUT2D eigenvalue weighted by atomic mass is 19.1. The van der Waals surface area contributed by atoms with Gasteiger partial charge < -0.3 is 5.11 Å². The van der Waals surface area contributed by atoms with Gasteiger partial charge in [0.05, 0.1) is 5.52 Å². The Hall–Kier alpha value is -2.94. The molecule has 0 unspecified atom stereocenters. The summed E-state index contributed by atoms with van der Waals surface area (Å²) in [6, 6.07) is 17.8. The van der Waals surface area contributed by atoms with Gasteiger partial charge in [0, 0.05) is 17.0 Å². The number of aromatic nitrogens is 1. The molecule has 0 atom stereocenters. The van der Waals surface area contributed by atoms with E-state index in [4.69, 9.17) is 0 Å². The predicted octanol–water partition coefficient (Wildman–Crippen LogP) is 4.90. The van der Waals surface area contributed by atoms with Crippen molar-refractivity contribution in [2.24, 2.45) is 0 Å². The topological polar surface area (TPSA) is 33.1 Å². The Balaban J connectivity index is 2.05. The Bertz CT molecular complexity index is 993. The van der Waals surface area contributed by atoms with Crippen LogP contribution in [0.1, 0.15) is 0 Å². The second kappa shape index (κ2) is 4.81. The molecule has 22 heavy (non-hydrogen) atoms. The number of hydrogen-bond donors (Lipinski definition) is 1. The molecule has 1 aromatic heterocycles. The number of benzene rings is 3. The summed E-state index contributed by atoms with van der Waals surface area (Å²) in [6.45, 7) is 0. The van der Waals surface area contributed by atoms with Gasteiger partial charge in [0.15, 0.2) is 0 Å². The van der Waals surface area contributed by atoms with E-state index in [1.807, 2.05) is 30.3 Å². The summed E-state index contributed by atoms with van der Waals surface area (Å²) in [5.41, 5.74) is 2.59. The van der Waals surface area contributed by atoms with Gasteiger partial charge in [-0.15, -0.1) is 0 Å².